The lowest BCUT2D eigenvalue weighted by atomic mass is 10.5. The van der Waals surface area contributed by atoms with Crippen molar-refractivity contribution in [2.75, 3.05) is 24.7 Å². The van der Waals surface area contributed by atoms with Gasteiger partial charge in [-0.3, -0.25) is 14.2 Å². The van der Waals surface area contributed by atoms with Gasteiger partial charge in [0.2, 0.25) is 0 Å². The summed E-state index contributed by atoms with van der Waals surface area (Å²) in [5.41, 5.74) is 5.75. The largest absolute Gasteiger partial charge is 0.391 e. The maximum atomic E-state index is 11.3. The van der Waals surface area contributed by atoms with Crippen molar-refractivity contribution in [3.8, 4) is 0 Å². The Labute approximate surface area is 71.0 Å². The molecule has 1 rings (SSSR count). The molecule has 68 valence electrons. The van der Waals surface area contributed by atoms with Crippen molar-refractivity contribution in [1.82, 2.24) is 9.36 Å². The summed E-state index contributed by atoms with van der Waals surface area (Å²) in [6, 6.07) is 0. The molecule has 0 spiro atoms. The van der Waals surface area contributed by atoms with Crippen LogP contribution in [0, 0.1) is 0 Å². The molecule has 0 amide bonds. The van der Waals surface area contributed by atoms with Gasteiger partial charge in [0.1, 0.15) is 5.69 Å². The van der Waals surface area contributed by atoms with Gasteiger partial charge in [-0.05, 0) is 0 Å². The first-order chi connectivity index (χ1) is 5.46. The van der Waals surface area contributed by atoms with Crippen molar-refractivity contribution < 1.29 is 0 Å². The summed E-state index contributed by atoms with van der Waals surface area (Å²) in [6.07, 6.45) is 0. The number of hydrogen-bond donors (Lipinski definition) is 1. The molecule has 0 aliphatic carbocycles. The maximum Gasteiger partial charge on any atom is 0.291 e. The van der Waals surface area contributed by atoms with Gasteiger partial charge in [0, 0.05) is 28.2 Å². The minimum Gasteiger partial charge on any atom is -0.391 e. The Morgan fingerprint density at radius 2 is 1.75 bits per heavy atom. The Morgan fingerprint density at radius 3 is 1.92 bits per heavy atom. The van der Waals surface area contributed by atoms with E-state index in [9.17, 15) is 4.79 Å². The second kappa shape index (κ2) is 2.58. The van der Waals surface area contributed by atoms with Crippen molar-refractivity contribution >= 4 is 11.5 Å². The molecule has 0 fully saturated rings. The molecular weight excluding hydrogens is 156 g/mol. The highest BCUT2D eigenvalue weighted by Crippen LogP contribution is 2.15. The van der Waals surface area contributed by atoms with E-state index in [-0.39, 0.29) is 5.56 Å². The third-order valence-electron chi connectivity index (χ3n) is 1.95. The number of hydrogen-bond acceptors (Lipinski definition) is 3. The lowest BCUT2D eigenvalue weighted by Crippen LogP contribution is -2.19. The number of nitrogen functional groups attached to an aromatic ring is 1. The van der Waals surface area contributed by atoms with Gasteiger partial charge in [-0.1, -0.05) is 0 Å². The quantitative estimate of drug-likeness (QED) is 0.610. The molecule has 0 unspecified atom stereocenters. The van der Waals surface area contributed by atoms with E-state index < -0.39 is 0 Å². The van der Waals surface area contributed by atoms with E-state index in [1.807, 2.05) is 19.0 Å². The predicted octanol–water partition coefficient (Wildman–Crippen LogP) is -0.628. The van der Waals surface area contributed by atoms with E-state index in [4.69, 9.17) is 5.73 Å². The van der Waals surface area contributed by atoms with Gasteiger partial charge in [0.25, 0.3) is 5.56 Å². The topological polar surface area (TPSA) is 56.2 Å². The van der Waals surface area contributed by atoms with Crippen molar-refractivity contribution in [2.24, 2.45) is 14.1 Å². The fourth-order valence-corrected chi connectivity index (χ4v) is 1.25. The van der Waals surface area contributed by atoms with E-state index in [0.717, 1.165) is 5.82 Å². The summed E-state index contributed by atoms with van der Waals surface area (Å²) in [6.45, 7) is 0. The number of nitrogens with zero attached hydrogens (tertiary/aromatic N) is 3. The van der Waals surface area contributed by atoms with Crippen LogP contribution in [0.4, 0.5) is 11.5 Å². The molecule has 0 aliphatic heterocycles. The Kier molecular flexibility index (Phi) is 1.87. The van der Waals surface area contributed by atoms with Crippen LogP contribution in [0.15, 0.2) is 4.79 Å². The average molecular weight is 170 g/mol. The van der Waals surface area contributed by atoms with Crippen molar-refractivity contribution in [2.45, 2.75) is 0 Å². The fourth-order valence-electron chi connectivity index (χ4n) is 1.25. The maximum absolute atomic E-state index is 11.3. The minimum absolute atomic E-state index is 0.152. The van der Waals surface area contributed by atoms with Crippen molar-refractivity contribution in [3.63, 3.8) is 0 Å². The van der Waals surface area contributed by atoms with E-state index in [1.54, 1.807) is 18.8 Å². The number of anilines is 2. The van der Waals surface area contributed by atoms with Crippen LogP contribution in [0.25, 0.3) is 0 Å². The van der Waals surface area contributed by atoms with E-state index in [0.29, 0.717) is 5.69 Å². The molecule has 1 aromatic heterocycles. The van der Waals surface area contributed by atoms with Gasteiger partial charge < -0.3 is 10.6 Å². The summed E-state index contributed by atoms with van der Waals surface area (Å²) in [5, 5.41) is 0. The highest BCUT2D eigenvalue weighted by molar-refractivity contribution is 5.61. The van der Waals surface area contributed by atoms with Crippen LogP contribution in [0.2, 0.25) is 0 Å². The highest BCUT2D eigenvalue weighted by atomic mass is 16.1. The van der Waals surface area contributed by atoms with Crippen LogP contribution in [0.5, 0.6) is 0 Å². The molecular formula is C7H14N4O. The monoisotopic (exact) mass is 170 g/mol. The summed E-state index contributed by atoms with van der Waals surface area (Å²) < 4.78 is 3.20. The molecule has 5 nitrogen and oxygen atoms in total. The molecule has 0 saturated carbocycles. The molecule has 5 heteroatoms. The number of nitrogens with two attached hydrogens (primary N) is 1. The van der Waals surface area contributed by atoms with Crippen LogP contribution in [0.3, 0.4) is 0 Å². The zero-order valence-corrected chi connectivity index (χ0v) is 7.83. The molecule has 0 saturated heterocycles. The summed E-state index contributed by atoms with van der Waals surface area (Å²) in [7, 11) is 7.19. The number of aromatic nitrogens is 2. The molecule has 1 aromatic rings. The first kappa shape index (κ1) is 8.70. The smallest absolute Gasteiger partial charge is 0.291 e. The molecule has 0 bridgehead atoms. The third kappa shape index (κ3) is 0.975. The van der Waals surface area contributed by atoms with Crippen molar-refractivity contribution in [3.05, 3.63) is 10.4 Å². The normalized spacial score (nSPS) is 10.3. The van der Waals surface area contributed by atoms with Crippen LogP contribution >= 0.6 is 0 Å². The Bertz CT molecular complexity index is 347. The SMILES string of the molecule is CN(C)c1c(N)c(=O)n(C)n1C. The first-order valence-corrected chi connectivity index (χ1v) is 3.65. The zero-order chi connectivity index (χ0) is 9.46. The summed E-state index contributed by atoms with van der Waals surface area (Å²) in [5.74, 6) is 0.738. The summed E-state index contributed by atoms with van der Waals surface area (Å²) in [4.78, 5) is 13.1. The van der Waals surface area contributed by atoms with Gasteiger partial charge in [-0.25, -0.2) is 0 Å². The van der Waals surface area contributed by atoms with Crippen LogP contribution in [0.1, 0.15) is 0 Å². The predicted molar refractivity (Wildman–Crippen MR) is 49.4 cm³/mol. The minimum atomic E-state index is -0.152. The lowest BCUT2D eigenvalue weighted by molar-refractivity contribution is 0.578. The molecule has 12 heavy (non-hydrogen) atoms. The highest BCUT2D eigenvalue weighted by Gasteiger charge is 2.13. The second-order valence-corrected chi connectivity index (χ2v) is 2.98. The first-order valence-electron chi connectivity index (χ1n) is 3.65. The van der Waals surface area contributed by atoms with Gasteiger partial charge in [-0.15, -0.1) is 0 Å². The molecule has 0 aromatic carbocycles. The van der Waals surface area contributed by atoms with Gasteiger partial charge in [0.15, 0.2) is 5.82 Å². The molecule has 1 heterocycles. The summed E-state index contributed by atoms with van der Waals surface area (Å²) >= 11 is 0. The lowest BCUT2D eigenvalue weighted by Gasteiger charge is -2.14. The number of rotatable bonds is 1. The Hall–Kier alpha value is -1.39. The van der Waals surface area contributed by atoms with Crippen LogP contribution in [-0.2, 0) is 14.1 Å². The van der Waals surface area contributed by atoms with Crippen LogP contribution in [-0.4, -0.2) is 23.5 Å². The fraction of sp³-hybridized carbons (Fsp3) is 0.571. The van der Waals surface area contributed by atoms with E-state index in [2.05, 4.69) is 0 Å². The average Bonchev–Trinajstić information content (AvgIpc) is 2.16. The van der Waals surface area contributed by atoms with Gasteiger partial charge >= 0.3 is 0 Å². The van der Waals surface area contributed by atoms with Crippen LogP contribution < -0.4 is 16.2 Å². The van der Waals surface area contributed by atoms with Crippen molar-refractivity contribution in [1.29, 1.82) is 0 Å². The van der Waals surface area contributed by atoms with Gasteiger partial charge in [0.05, 0.1) is 0 Å². The molecule has 0 radical (unpaired) electrons. The second-order valence-electron chi connectivity index (χ2n) is 2.98. The Morgan fingerprint density at radius 1 is 1.25 bits per heavy atom. The Balaban J connectivity index is 3.49. The molecule has 0 aliphatic rings. The molecule has 2 N–H and O–H groups in total. The third-order valence-corrected chi connectivity index (χ3v) is 1.95. The van der Waals surface area contributed by atoms with E-state index in [1.165, 1.54) is 4.68 Å². The van der Waals surface area contributed by atoms with E-state index >= 15 is 0 Å². The van der Waals surface area contributed by atoms with Gasteiger partial charge in [-0.2, -0.15) is 0 Å². The zero-order valence-electron chi connectivity index (χ0n) is 7.83. The standard InChI is InChI=1S/C7H14N4O/c1-9(2)6-5(8)7(12)11(4)10(6)3/h8H2,1-4H3. The molecule has 0 atom stereocenters.